The van der Waals surface area contributed by atoms with Crippen molar-refractivity contribution < 1.29 is 9.90 Å². The summed E-state index contributed by atoms with van der Waals surface area (Å²) in [5, 5.41) is 9.29. The highest BCUT2D eigenvalue weighted by Gasteiger charge is 2.15. The molecule has 0 radical (unpaired) electrons. The molecule has 1 N–H and O–H groups in total. The van der Waals surface area contributed by atoms with Crippen LogP contribution in [0.15, 0.2) is 53.3 Å². The monoisotopic (exact) mass is 316 g/mol. The fourth-order valence-electron chi connectivity index (χ4n) is 2.07. The van der Waals surface area contributed by atoms with E-state index in [0.29, 0.717) is 11.0 Å². The molecule has 0 aliphatic heterocycles. The van der Waals surface area contributed by atoms with Crippen molar-refractivity contribution in [3.63, 3.8) is 0 Å². The molecule has 0 bridgehead atoms. The van der Waals surface area contributed by atoms with Crippen LogP contribution >= 0.6 is 15.9 Å². The van der Waals surface area contributed by atoms with Crippen LogP contribution in [-0.4, -0.2) is 20.6 Å². The van der Waals surface area contributed by atoms with Crippen molar-refractivity contribution in [2.75, 3.05) is 0 Å². The number of hydrogen-bond donors (Lipinski definition) is 1. The van der Waals surface area contributed by atoms with E-state index < -0.39 is 5.97 Å². The number of imidazole rings is 1. The van der Waals surface area contributed by atoms with Crippen molar-refractivity contribution in [3.8, 4) is 5.69 Å². The van der Waals surface area contributed by atoms with Crippen LogP contribution in [0.4, 0.5) is 0 Å². The van der Waals surface area contributed by atoms with Gasteiger partial charge in [-0.25, -0.2) is 9.78 Å². The van der Waals surface area contributed by atoms with Crippen LogP contribution in [0.5, 0.6) is 0 Å². The Balaban J connectivity index is 2.37. The van der Waals surface area contributed by atoms with E-state index in [1.807, 2.05) is 24.3 Å². The molecule has 3 rings (SSSR count). The van der Waals surface area contributed by atoms with Gasteiger partial charge in [-0.15, -0.1) is 0 Å². The summed E-state index contributed by atoms with van der Waals surface area (Å²) >= 11 is 3.47. The summed E-state index contributed by atoms with van der Waals surface area (Å²) < 4.78 is 2.66. The lowest BCUT2D eigenvalue weighted by Crippen LogP contribution is -2.02. The second-order valence-electron chi connectivity index (χ2n) is 4.04. The molecule has 2 aromatic carbocycles. The van der Waals surface area contributed by atoms with E-state index in [4.69, 9.17) is 0 Å². The Morgan fingerprint density at radius 3 is 2.68 bits per heavy atom. The topological polar surface area (TPSA) is 55.1 Å². The maximum Gasteiger partial charge on any atom is 0.337 e. The molecule has 5 heteroatoms. The number of rotatable bonds is 2. The number of halogens is 1. The van der Waals surface area contributed by atoms with Crippen LogP contribution in [0.2, 0.25) is 0 Å². The lowest BCUT2D eigenvalue weighted by atomic mass is 10.2. The first-order valence-electron chi connectivity index (χ1n) is 5.63. The SMILES string of the molecule is O=C(O)c1cccc2ncn(-c3ccccc3Br)c12. The molecule has 4 nitrogen and oxygen atoms in total. The molecule has 1 heterocycles. The summed E-state index contributed by atoms with van der Waals surface area (Å²) in [4.78, 5) is 15.6. The van der Waals surface area contributed by atoms with E-state index in [1.54, 1.807) is 29.1 Å². The Kier molecular flexibility index (Phi) is 2.83. The molecule has 0 unspecified atom stereocenters. The Bertz CT molecular complexity index is 780. The molecule has 0 aliphatic carbocycles. The summed E-state index contributed by atoms with van der Waals surface area (Å²) in [6.07, 6.45) is 1.64. The Morgan fingerprint density at radius 1 is 1.16 bits per heavy atom. The van der Waals surface area contributed by atoms with Crippen molar-refractivity contribution in [3.05, 3.63) is 58.8 Å². The summed E-state index contributed by atoms with van der Waals surface area (Å²) in [5.41, 5.74) is 2.36. The van der Waals surface area contributed by atoms with Gasteiger partial charge in [0.25, 0.3) is 0 Å². The number of carboxylic acid groups (broad SMARTS) is 1. The summed E-state index contributed by atoms with van der Waals surface area (Å²) in [7, 11) is 0. The van der Waals surface area contributed by atoms with Gasteiger partial charge in [-0.2, -0.15) is 0 Å². The molecular weight excluding hydrogens is 308 g/mol. The fraction of sp³-hybridized carbons (Fsp3) is 0. The van der Waals surface area contributed by atoms with Gasteiger partial charge in [0, 0.05) is 4.47 Å². The molecule has 0 saturated heterocycles. The van der Waals surface area contributed by atoms with E-state index >= 15 is 0 Å². The molecular formula is C14H9BrN2O2. The van der Waals surface area contributed by atoms with E-state index in [-0.39, 0.29) is 5.56 Å². The van der Waals surface area contributed by atoms with Crippen LogP contribution in [0.1, 0.15) is 10.4 Å². The first-order valence-corrected chi connectivity index (χ1v) is 6.42. The molecule has 1 aromatic heterocycles. The third-order valence-electron chi connectivity index (χ3n) is 2.91. The fourth-order valence-corrected chi connectivity index (χ4v) is 2.54. The number of carboxylic acids is 1. The number of carbonyl (C=O) groups is 1. The average molecular weight is 317 g/mol. The zero-order chi connectivity index (χ0) is 13.4. The maximum atomic E-state index is 11.3. The highest BCUT2D eigenvalue weighted by molar-refractivity contribution is 9.10. The van der Waals surface area contributed by atoms with Crippen molar-refractivity contribution in [2.45, 2.75) is 0 Å². The van der Waals surface area contributed by atoms with Gasteiger partial charge in [0.2, 0.25) is 0 Å². The second kappa shape index (κ2) is 4.51. The highest BCUT2D eigenvalue weighted by Crippen LogP contribution is 2.26. The molecule has 94 valence electrons. The number of aromatic nitrogens is 2. The number of nitrogens with zero attached hydrogens (tertiary/aromatic N) is 2. The van der Waals surface area contributed by atoms with Gasteiger partial charge < -0.3 is 5.11 Å². The molecule has 19 heavy (non-hydrogen) atoms. The van der Waals surface area contributed by atoms with Crippen LogP contribution in [0, 0.1) is 0 Å². The molecule has 3 aromatic rings. The van der Waals surface area contributed by atoms with E-state index in [1.165, 1.54) is 0 Å². The van der Waals surface area contributed by atoms with Crippen LogP contribution < -0.4 is 0 Å². The Morgan fingerprint density at radius 2 is 1.95 bits per heavy atom. The predicted molar refractivity (Wildman–Crippen MR) is 75.7 cm³/mol. The quantitative estimate of drug-likeness (QED) is 0.787. The minimum atomic E-state index is -0.959. The minimum absolute atomic E-state index is 0.241. The third kappa shape index (κ3) is 1.92. The van der Waals surface area contributed by atoms with E-state index in [0.717, 1.165) is 10.2 Å². The van der Waals surface area contributed by atoms with Gasteiger partial charge in [-0.1, -0.05) is 18.2 Å². The zero-order valence-corrected chi connectivity index (χ0v) is 11.3. The van der Waals surface area contributed by atoms with Crippen molar-refractivity contribution >= 4 is 32.9 Å². The normalized spacial score (nSPS) is 10.8. The number of benzene rings is 2. The van der Waals surface area contributed by atoms with Crippen LogP contribution in [-0.2, 0) is 0 Å². The number of hydrogen-bond acceptors (Lipinski definition) is 2. The van der Waals surface area contributed by atoms with Gasteiger partial charge in [-0.05, 0) is 40.2 Å². The number of aromatic carboxylic acids is 1. The van der Waals surface area contributed by atoms with Crippen molar-refractivity contribution in [1.82, 2.24) is 9.55 Å². The van der Waals surface area contributed by atoms with Gasteiger partial charge in [0.1, 0.15) is 6.33 Å². The third-order valence-corrected chi connectivity index (χ3v) is 3.58. The van der Waals surface area contributed by atoms with E-state index in [9.17, 15) is 9.90 Å². The number of para-hydroxylation sites is 2. The van der Waals surface area contributed by atoms with Crippen molar-refractivity contribution in [2.24, 2.45) is 0 Å². The zero-order valence-electron chi connectivity index (χ0n) is 9.75. The van der Waals surface area contributed by atoms with Crippen molar-refractivity contribution in [1.29, 1.82) is 0 Å². The standard InChI is InChI=1S/C14H9BrN2O2/c15-10-5-1-2-7-12(10)17-8-16-11-6-3-4-9(13(11)17)14(18)19/h1-8H,(H,18,19). The number of fused-ring (bicyclic) bond motifs is 1. The van der Waals surface area contributed by atoms with E-state index in [2.05, 4.69) is 20.9 Å². The molecule has 0 saturated carbocycles. The summed E-state index contributed by atoms with van der Waals surface area (Å²) in [5.74, 6) is -0.959. The second-order valence-corrected chi connectivity index (χ2v) is 4.90. The first kappa shape index (κ1) is 11.9. The predicted octanol–water partition coefficient (Wildman–Crippen LogP) is 3.49. The highest BCUT2D eigenvalue weighted by atomic mass is 79.9. The largest absolute Gasteiger partial charge is 0.478 e. The minimum Gasteiger partial charge on any atom is -0.478 e. The maximum absolute atomic E-state index is 11.3. The van der Waals surface area contributed by atoms with Gasteiger partial charge >= 0.3 is 5.97 Å². The molecule has 0 amide bonds. The van der Waals surface area contributed by atoms with Gasteiger partial charge in [0.05, 0.1) is 22.3 Å². The Labute approximate surface area is 117 Å². The Hall–Kier alpha value is -2.14. The molecule has 0 spiro atoms. The lowest BCUT2D eigenvalue weighted by Gasteiger charge is -2.08. The first-order chi connectivity index (χ1) is 9.18. The molecule has 0 aliphatic rings. The van der Waals surface area contributed by atoms with Gasteiger partial charge in [0.15, 0.2) is 0 Å². The molecule has 0 fully saturated rings. The smallest absolute Gasteiger partial charge is 0.337 e. The lowest BCUT2D eigenvalue weighted by molar-refractivity contribution is 0.0698. The van der Waals surface area contributed by atoms with Crippen LogP contribution in [0.3, 0.4) is 0 Å². The summed E-state index contributed by atoms with van der Waals surface area (Å²) in [6, 6.07) is 12.7. The van der Waals surface area contributed by atoms with Crippen LogP contribution in [0.25, 0.3) is 16.7 Å². The summed E-state index contributed by atoms with van der Waals surface area (Å²) in [6.45, 7) is 0. The average Bonchev–Trinajstić information content (AvgIpc) is 2.82. The molecule has 0 atom stereocenters. The van der Waals surface area contributed by atoms with Gasteiger partial charge in [-0.3, -0.25) is 4.57 Å².